The molecule has 0 bridgehead atoms. The Morgan fingerprint density at radius 1 is 1.00 bits per heavy atom. The number of piperazine rings is 1. The Morgan fingerprint density at radius 2 is 1.48 bits per heavy atom. The minimum absolute atomic E-state index is 0. The van der Waals surface area contributed by atoms with Gasteiger partial charge in [-0.2, -0.15) is 13.2 Å². The van der Waals surface area contributed by atoms with Gasteiger partial charge in [0.05, 0.1) is 14.2 Å². The number of rotatable bonds is 4. The molecule has 2 rings (SSSR count). The lowest BCUT2D eigenvalue weighted by Gasteiger charge is -2.36. The van der Waals surface area contributed by atoms with Gasteiger partial charge in [0, 0.05) is 32.2 Å². The lowest BCUT2D eigenvalue weighted by Crippen LogP contribution is -2.49. The van der Waals surface area contributed by atoms with Crippen LogP contribution in [0.3, 0.4) is 0 Å². The molecule has 1 N–H and O–H groups in total. The fourth-order valence-corrected chi connectivity index (χ4v) is 2.53. The van der Waals surface area contributed by atoms with Crippen molar-refractivity contribution in [2.24, 2.45) is 0 Å². The molecule has 1 aliphatic heterocycles. The highest BCUT2D eigenvalue weighted by molar-refractivity contribution is 5.85. The maximum atomic E-state index is 13.5. The fraction of sp³-hybridized carbons (Fsp3) is 0.571. The molecule has 0 spiro atoms. The monoisotopic (exact) mass is 376 g/mol. The lowest BCUT2D eigenvalue weighted by molar-refractivity contribution is -0.187. The number of alkyl halides is 3. The van der Waals surface area contributed by atoms with Gasteiger partial charge in [0.15, 0.2) is 0 Å². The largest absolute Gasteiger partial charge is 0.497 e. The summed E-state index contributed by atoms with van der Waals surface area (Å²) in [7, 11) is 2.85. The Balaban J connectivity index is 0.00000242. The molecule has 23 heavy (non-hydrogen) atoms. The Bertz CT molecular complexity index is 461. The van der Waals surface area contributed by atoms with Gasteiger partial charge in [0.1, 0.15) is 17.5 Å². The zero-order chi connectivity index (χ0) is 15.5. The number of nitrogens with zero attached hydrogens (tertiary/aromatic N) is 1. The molecule has 1 atom stereocenters. The van der Waals surface area contributed by atoms with Gasteiger partial charge in [-0.1, -0.05) is 0 Å². The van der Waals surface area contributed by atoms with E-state index in [2.05, 4.69) is 5.32 Å². The summed E-state index contributed by atoms with van der Waals surface area (Å²) in [5.74, 6) is 0.711. The maximum absolute atomic E-state index is 13.5. The van der Waals surface area contributed by atoms with Crippen LogP contribution >= 0.6 is 24.8 Å². The van der Waals surface area contributed by atoms with Crippen LogP contribution in [0.2, 0.25) is 0 Å². The molecule has 0 amide bonds. The van der Waals surface area contributed by atoms with Gasteiger partial charge in [-0.3, -0.25) is 4.90 Å². The molecule has 0 saturated carbocycles. The van der Waals surface area contributed by atoms with Gasteiger partial charge in [-0.25, -0.2) is 0 Å². The van der Waals surface area contributed by atoms with Crippen molar-refractivity contribution in [2.75, 3.05) is 40.4 Å². The van der Waals surface area contributed by atoms with E-state index in [1.54, 1.807) is 6.07 Å². The molecule has 0 aliphatic carbocycles. The van der Waals surface area contributed by atoms with E-state index in [0.717, 1.165) is 0 Å². The van der Waals surface area contributed by atoms with Crippen LogP contribution in [0.5, 0.6) is 11.5 Å². The second kappa shape index (κ2) is 9.42. The van der Waals surface area contributed by atoms with Crippen LogP contribution < -0.4 is 14.8 Å². The average Bonchev–Trinajstić information content (AvgIpc) is 2.46. The first-order valence-corrected chi connectivity index (χ1v) is 6.70. The highest BCUT2D eigenvalue weighted by Crippen LogP contribution is 2.40. The van der Waals surface area contributed by atoms with Crippen LogP contribution in [0.4, 0.5) is 13.2 Å². The van der Waals surface area contributed by atoms with Gasteiger partial charge >= 0.3 is 6.18 Å². The molecule has 9 heteroatoms. The van der Waals surface area contributed by atoms with E-state index in [4.69, 9.17) is 9.47 Å². The molecule has 1 aliphatic rings. The Morgan fingerprint density at radius 3 is 1.87 bits per heavy atom. The van der Waals surface area contributed by atoms with Crippen molar-refractivity contribution in [3.05, 3.63) is 23.8 Å². The first-order chi connectivity index (χ1) is 9.95. The van der Waals surface area contributed by atoms with E-state index in [-0.39, 0.29) is 30.4 Å². The number of methoxy groups -OCH3 is 2. The Hall–Kier alpha value is -0.890. The molecule has 1 saturated heterocycles. The zero-order valence-corrected chi connectivity index (χ0v) is 14.5. The molecular formula is C14H21Cl2F3N2O2. The predicted octanol–water partition coefficient (Wildman–Crippen LogP) is 3.06. The van der Waals surface area contributed by atoms with E-state index in [1.165, 1.54) is 31.3 Å². The minimum atomic E-state index is -4.35. The van der Waals surface area contributed by atoms with E-state index >= 15 is 0 Å². The second-order valence-corrected chi connectivity index (χ2v) is 4.88. The summed E-state index contributed by atoms with van der Waals surface area (Å²) in [6, 6.07) is 2.75. The van der Waals surface area contributed by atoms with Crippen LogP contribution in [0.15, 0.2) is 18.2 Å². The van der Waals surface area contributed by atoms with Crippen LogP contribution in [0.25, 0.3) is 0 Å². The third-order valence-corrected chi connectivity index (χ3v) is 3.52. The summed E-state index contributed by atoms with van der Waals surface area (Å²) in [5, 5.41) is 3.06. The lowest BCUT2D eigenvalue weighted by atomic mass is 10.0. The van der Waals surface area contributed by atoms with Gasteiger partial charge in [-0.15, -0.1) is 24.8 Å². The average molecular weight is 377 g/mol. The zero-order valence-electron chi connectivity index (χ0n) is 12.9. The number of hydrogen-bond donors (Lipinski definition) is 1. The molecule has 4 nitrogen and oxygen atoms in total. The van der Waals surface area contributed by atoms with Crippen molar-refractivity contribution >= 4 is 24.8 Å². The van der Waals surface area contributed by atoms with Crippen molar-refractivity contribution in [1.82, 2.24) is 10.2 Å². The van der Waals surface area contributed by atoms with Gasteiger partial charge in [0.2, 0.25) is 0 Å². The predicted molar refractivity (Wildman–Crippen MR) is 87.3 cm³/mol. The van der Waals surface area contributed by atoms with Crippen LogP contribution in [0.1, 0.15) is 11.6 Å². The topological polar surface area (TPSA) is 33.7 Å². The van der Waals surface area contributed by atoms with Gasteiger partial charge in [-0.05, 0) is 17.7 Å². The molecule has 1 heterocycles. The highest BCUT2D eigenvalue weighted by Gasteiger charge is 2.45. The van der Waals surface area contributed by atoms with Crippen molar-refractivity contribution in [2.45, 2.75) is 12.2 Å². The number of halogens is 5. The molecule has 134 valence electrons. The smallest absolute Gasteiger partial charge is 0.408 e. The van der Waals surface area contributed by atoms with Crippen LogP contribution in [-0.2, 0) is 0 Å². The van der Waals surface area contributed by atoms with Crippen molar-refractivity contribution in [3.63, 3.8) is 0 Å². The standard InChI is InChI=1S/C14H19F3N2O2.2ClH/c1-20-11-7-10(8-12(9-11)21-2)13(14(15,16)17)19-5-3-18-4-6-19;;/h7-9,13,18H,3-6H2,1-2H3;2*1H/t13-;;/m1../s1. The van der Waals surface area contributed by atoms with Gasteiger partial charge < -0.3 is 14.8 Å². The van der Waals surface area contributed by atoms with Crippen LogP contribution in [0, 0.1) is 0 Å². The van der Waals surface area contributed by atoms with Crippen molar-refractivity contribution in [3.8, 4) is 11.5 Å². The molecule has 1 aromatic rings. The summed E-state index contributed by atoms with van der Waals surface area (Å²) in [5.41, 5.74) is 0.139. The van der Waals surface area contributed by atoms with E-state index < -0.39 is 12.2 Å². The minimum Gasteiger partial charge on any atom is -0.497 e. The third-order valence-electron chi connectivity index (χ3n) is 3.52. The van der Waals surface area contributed by atoms with Crippen molar-refractivity contribution < 1.29 is 22.6 Å². The van der Waals surface area contributed by atoms with E-state index in [9.17, 15) is 13.2 Å². The molecule has 1 aromatic carbocycles. The highest BCUT2D eigenvalue weighted by atomic mass is 35.5. The molecule has 1 fully saturated rings. The molecular weight excluding hydrogens is 356 g/mol. The number of ether oxygens (including phenoxy) is 2. The Labute approximate surface area is 146 Å². The van der Waals surface area contributed by atoms with E-state index in [0.29, 0.717) is 37.7 Å². The summed E-state index contributed by atoms with van der Waals surface area (Å²) < 4.78 is 50.7. The summed E-state index contributed by atoms with van der Waals surface area (Å²) in [6.07, 6.45) is -4.35. The normalized spacial score (nSPS) is 16.7. The van der Waals surface area contributed by atoms with E-state index in [1.807, 2.05) is 0 Å². The van der Waals surface area contributed by atoms with Crippen molar-refractivity contribution in [1.29, 1.82) is 0 Å². The Kier molecular flexibility index (Phi) is 9.05. The first kappa shape index (κ1) is 22.1. The molecule has 0 radical (unpaired) electrons. The number of nitrogens with one attached hydrogen (secondary N) is 1. The third kappa shape index (κ3) is 5.60. The van der Waals surface area contributed by atoms with Crippen LogP contribution in [-0.4, -0.2) is 51.5 Å². The quantitative estimate of drug-likeness (QED) is 0.875. The summed E-state index contributed by atoms with van der Waals surface area (Å²) in [4.78, 5) is 1.44. The summed E-state index contributed by atoms with van der Waals surface area (Å²) >= 11 is 0. The number of benzene rings is 1. The first-order valence-electron chi connectivity index (χ1n) is 6.70. The number of hydrogen-bond acceptors (Lipinski definition) is 4. The van der Waals surface area contributed by atoms with Gasteiger partial charge in [0.25, 0.3) is 0 Å². The fourth-order valence-electron chi connectivity index (χ4n) is 2.53. The second-order valence-electron chi connectivity index (χ2n) is 4.88. The maximum Gasteiger partial charge on any atom is 0.408 e. The molecule has 0 unspecified atom stereocenters. The summed E-state index contributed by atoms with van der Waals surface area (Å²) in [6.45, 7) is 1.80. The molecule has 0 aromatic heterocycles. The SMILES string of the molecule is COc1cc(OC)cc([C@@H](N2CCNCC2)C(F)(F)F)c1.Cl.Cl.